The molecule has 4 aromatic rings. The summed E-state index contributed by atoms with van der Waals surface area (Å²) in [5.41, 5.74) is 2.98. The van der Waals surface area contributed by atoms with Gasteiger partial charge >= 0.3 is 6.03 Å². The Hall–Kier alpha value is -4.03. The van der Waals surface area contributed by atoms with E-state index in [1.54, 1.807) is 56.3 Å². The first-order chi connectivity index (χ1) is 18.1. The number of aryl methyl sites for hydroxylation is 2. The molecular formula is C27H26N4O5S2. The number of para-hydroxylation sites is 1. The monoisotopic (exact) mass is 550 g/mol. The molecule has 0 heterocycles. The fourth-order valence-corrected chi connectivity index (χ4v) is 6.34. The van der Waals surface area contributed by atoms with Gasteiger partial charge in [0.1, 0.15) is 4.90 Å². The second-order valence-corrected chi connectivity index (χ2v) is 11.8. The third kappa shape index (κ3) is 6.26. The minimum atomic E-state index is -4.49. The van der Waals surface area contributed by atoms with Crippen molar-refractivity contribution in [1.29, 1.82) is 0 Å². The van der Waals surface area contributed by atoms with Crippen LogP contribution in [0.25, 0.3) is 11.1 Å². The highest BCUT2D eigenvalue weighted by Gasteiger charge is 2.25. The molecule has 2 amide bonds. The van der Waals surface area contributed by atoms with Gasteiger partial charge in [-0.2, -0.15) is 0 Å². The van der Waals surface area contributed by atoms with Gasteiger partial charge in [-0.25, -0.2) is 21.6 Å². The highest BCUT2D eigenvalue weighted by molar-refractivity contribution is 7.92. The Labute approximate surface area is 222 Å². The standard InChI is InChI=1S/C27H26N4O5S2/c1-19-11-9-10-16-25(19)37(33,34)30-31-38(35,36)26-18-23(21-12-5-3-6-13-21)20(2)17-24(26)29-27(32)28-22-14-7-4-8-15-22/h3-18,30-31H,1-2H3,(H2,28,29,32). The Morgan fingerprint density at radius 2 is 1.16 bits per heavy atom. The largest absolute Gasteiger partial charge is 0.323 e. The predicted molar refractivity (Wildman–Crippen MR) is 148 cm³/mol. The molecule has 4 aromatic carbocycles. The number of rotatable bonds is 8. The summed E-state index contributed by atoms with van der Waals surface area (Å²) in [5.74, 6) is 0. The van der Waals surface area contributed by atoms with E-state index < -0.39 is 26.1 Å². The van der Waals surface area contributed by atoms with Crippen molar-refractivity contribution in [2.45, 2.75) is 23.6 Å². The van der Waals surface area contributed by atoms with Crippen molar-refractivity contribution in [3.63, 3.8) is 0 Å². The van der Waals surface area contributed by atoms with Crippen LogP contribution in [0, 0.1) is 13.8 Å². The molecule has 0 unspecified atom stereocenters. The zero-order valence-corrected chi connectivity index (χ0v) is 22.2. The maximum Gasteiger partial charge on any atom is 0.323 e. The number of carbonyl (C=O) groups excluding carboxylic acids is 1. The van der Waals surface area contributed by atoms with Crippen LogP contribution in [0.3, 0.4) is 0 Å². The van der Waals surface area contributed by atoms with Crippen LogP contribution in [-0.2, 0) is 20.0 Å². The predicted octanol–water partition coefficient (Wildman–Crippen LogP) is 4.79. The quantitative estimate of drug-likeness (QED) is 0.234. The number of carbonyl (C=O) groups is 1. The number of nitrogens with one attached hydrogen (secondary N) is 4. The van der Waals surface area contributed by atoms with Gasteiger partial charge in [-0.15, -0.1) is 9.66 Å². The number of urea groups is 1. The first kappa shape index (κ1) is 27.0. The van der Waals surface area contributed by atoms with Gasteiger partial charge < -0.3 is 10.6 Å². The fraction of sp³-hybridized carbons (Fsp3) is 0.0741. The summed E-state index contributed by atoms with van der Waals surface area (Å²) >= 11 is 0. The van der Waals surface area contributed by atoms with Gasteiger partial charge in [0, 0.05) is 5.69 Å². The van der Waals surface area contributed by atoms with Crippen molar-refractivity contribution in [1.82, 2.24) is 9.66 Å². The summed E-state index contributed by atoms with van der Waals surface area (Å²) in [5, 5.41) is 5.22. The molecule has 4 N–H and O–H groups in total. The van der Waals surface area contributed by atoms with Crippen LogP contribution in [0.1, 0.15) is 11.1 Å². The van der Waals surface area contributed by atoms with E-state index in [9.17, 15) is 21.6 Å². The Balaban J connectivity index is 1.70. The molecule has 9 nitrogen and oxygen atoms in total. The molecule has 0 atom stereocenters. The minimum absolute atomic E-state index is 0.0294. The first-order valence-corrected chi connectivity index (χ1v) is 14.5. The van der Waals surface area contributed by atoms with E-state index in [0.29, 0.717) is 22.4 Å². The van der Waals surface area contributed by atoms with Crippen molar-refractivity contribution in [3.8, 4) is 11.1 Å². The lowest BCUT2D eigenvalue weighted by atomic mass is 10.00. The third-order valence-electron chi connectivity index (χ3n) is 5.67. The molecule has 0 radical (unpaired) electrons. The van der Waals surface area contributed by atoms with E-state index >= 15 is 0 Å². The lowest BCUT2D eigenvalue weighted by Gasteiger charge is -2.17. The molecule has 38 heavy (non-hydrogen) atoms. The number of sulfonamides is 2. The van der Waals surface area contributed by atoms with Crippen LogP contribution in [-0.4, -0.2) is 22.9 Å². The number of hydrogen-bond acceptors (Lipinski definition) is 5. The number of hydrogen-bond donors (Lipinski definition) is 4. The van der Waals surface area contributed by atoms with Gasteiger partial charge in [0.2, 0.25) is 0 Å². The van der Waals surface area contributed by atoms with Gasteiger partial charge in [-0.05, 0) is 66.4 Å². The van der Waals surface area contributed by atoms with E-state index in [0.717, 1.165) is 5.56 Å². The van der Waals surface area contributed by atoms with Crippen LogP contribution < -0.4 is 20.3 Å². The molecule has 0 aliphatic rings. The molecule has 4 rings (SSSR count). The molecule has 0 spiro atoms. The highest BCUT2D eigenvalue weighted by Crippen LogP contribution is 2.32. The number of hydrazine groups is 1. The number of benzene rings is 4. The van der Waals surface area contributed by atoms with Crippen molar-refractivity contribution < 1.29 is 21.6 Å². The van der Waals surface area contributed by atoms with Gasteiger partial charge in [0.15, 0.2) is 0 Å². The van der Waals surface area contributed by atoms with Crippen molar-refractivity contribution in [2.24, 2.45) is 0 Å². The molecule has 0 saturated carbocycles. The van der Waals surface area contributed by atoms with Crippen molar-refractivity contribution in [3.05, 3.63) is 108 Å². The van der Waals surface area contributed by atoms with Crippen LogP contribution in [0.4, 0.5) is 16.2 Å². The molecular weight excluding hydrogens is 524 g/mol. The van der Waals surface area contributed by atoms with E-state index in [-0.39, 0.29) is 15.5 Å². The first-order valence-electron chi connectivity index (χ1n) is 11.5. The molecule has 0 aromatic heterocycles. The van der Waals surface area contributed by atoms with Crippen LogP contribution in [0.5, 0.6) is 0 Å². The summed E-state index contributed by atoms with van der Waals surface area (Å²) in [6, 6.07) is 26.2. The SMILES string of the molecule is Cc1cc(NC(=O)Nc2ccccc2)c(S(=O)(=O)NNS(=O)(=O)c2ccccc2C)cc1-c1ccccc1. The van der Waals surface area contributed by atoms with Crippen molar-refractivity contribution >= 4 is 37.5 Å². The lowest BCUT2D eigenvalue weighted by molar-refractivity contribution is 0.262. The zero-order valence-electron chi connectivity index (χ0n) is 20.6. The van der Waals surface area contributed by atoms with Crippen LogP contribution in [0.15, 0.2) is 107 Å². The third-order valence-corrected chi connectivity index (χ3v) is 8.50. The lowest BCUT2D eigenvalue weighted by Crippen LogP contribution is -2.42. The average Bonchev–Trinajstić information content (AvgIpc) is 2.89. The summed E-state index contributed by atoms with van der Waals surface area (Å²) in [6.45, 7) is 3.38. The molecule has 0 aliphatic carbocycles. The van der Waals surface area contributed by atoms with E-state index in [1.807, 2.05) is 40.0 Å². The molecule has 0 fully saturated rings. The molecule has 0 saturated heterocycles. The highest BCUT2D eigenvalue weighted by atomic mass is 32.2. The zero-order chi connectivity index (χ0) is 27.3. The molecule has 11 heteroatoms. The van der Waals surface area contributed by atoms with E-state index in [1.165, 1.54) is 24.3 Å². The second kappa shape index (κ2) is 11.2. The van der Waals surface area contributed by atoms with Gasteiger partial charge in [-0.1, -0.05) is 66.7 Å². The van der Waals surface area contributed by atoms with Gasteiger partial charge in [0.05, 0.1) is 10.6 Å². The Morgan fingerprint density at radius 3 is 1.79 bits per heavy atom. The molecule has 0 bridgehead atoms. The maximum atomic E-state index is 13.4. The van der Waals surface area contributed by atoms with Crippen LogP contribution in [0.2, 0.25) is 0 Å². The van der Waals surface area contributed by atoms with Crippen molar-refractivity contribution in [2.75, 3.05) is 10.6 Å². The summed E-state index contributed by atoms with van der Waals surface area (Å²) in [4.78, 5) is 16.2. The van der Waals surface area contributed by atoms with E-state index in [2.05, 4.69) is 10.6 Å². The maximum absolute atomic E-state index is 13.4. The Morgan fingerprint density at radius 1 is 0.605 bits per heavy atom. The number of amides is 2. The number of anilines is 2. The van der Waals surface area contributed by atoms with E-state index in [4.69, 9.17) is 0 Å². The van der Waals surface area contributed by atoms with Crippen LogP contribution >= 0.6 is 0 Å². The minimum Gasteiger partial charge on any atom is -0.308 e. The molecule has 0 aliphatic heterocycles. The summed E-state index contributed by atoms with van der Waals surface area (Å²) in [7, 11) is -8.71. The normalized spacial score (nSPS) is 11.6. The topological polar surface area (TPSA) is 133 Å². The Bertz CT molecular complexity index is 1680. The van der Waals surface area contributed by atoms with Gasteiger partial charge in [0.25, 0.3) is 20.0 Å². The summed E-state index contributed by atoms with van der Waals surface area (Å²) in [6.07, 6.45) is 0. The average molecular weight is 551 g/mol. The summed E-state index contributed by atoms with van der Waals surface area (Å²) < 4.78 is 52.5. The molecule has 196 valence electrons. The van der Waals surface area contributed by atoms with Gasteiger partial charge in [-0.3, -0.25) is 0 Å². The second-order valence-electron chi connectivity index (χ2n) is 8.45. The fourth-order valence-electron chi connectivity index (χ4n) is 3.82. The Kier molecular flexibility index (Phi) is 7.93. The smallest absolute Gasteiger partial charge is 0.308 e.